The lowest BCUT2D eigenvalue weighted by Gasteiger charge is -2.52. The van der Waals surface area contributed by atoms with Gasteiger partial charge in [0, 0.05) is 44.2 Å². The monoisotopic (exact) mass is 420 g/mol. The second-order valence-electron chi connectivity index (χ2n) is 9.01. The number of hydrogen-bond acceptors (Lipinski definition) is 4. The summed E-state index contributed by atoms with van der Waals surface area (Å²) in [6.07, 6.45) is 6.93. The van der Waals surface area contributed by atoms with Crippen LogP contribution < -0.4 is 5.56 Å². The molecule has 3 heterocycles. The Labute approximate surface area is 183 Å². The van der Waals surface area contributed by atoms with Crippen molar-refractivity contribution in [3.8, 4) is 0 Å². The molecule has 31 heavy (non-hydrogen) atoms. The van der Waals surface area contributed by atoms with Crippen molar-refractivity contribution in [1.82, 2.24) is 19.4 Å². The summed E-state index contributed by atoms with van der Waals surface area (Å²) in [5.74, 6) is 0.793. The summed E-state index contributed by atoms with van der Waals surface area (Å²) in [6.45, 7) is 15.2. The van der Waals surface area contributed by atoms with Crippen molar-refractivity contribution >= 4 is 16.8 Å². The number of carbonyl (C=O) groups excluding carboxylic acids is 1. The minimum absolute atomic E-state index is 0.0128. The standard InChI is InChI=1S/C25H32N4O2/c1-5-10-25(11-6-2)12-14-29(25)23(30)19-7-8-20-21(17-19)26-22-9-13-27(18(3)4)15-16-28(22)24(20)31/h5-8,17-18H,1-2,9-16H2,3-4H3. The summed E-state index contributed by atoms with van der Waals surface area (Å²) in [5.41, 5.74) is 0.954. The first kappa shape index (κ1) is 21.5. The molecular weight excluding hydrogens is 388 g/mol. The second kappa shape index (κ2) is 8.42. The number of rotatable bonds is 6. The number of hydrogen-bond donors (Lipinski definition) is 0. The first-order chi connectivity index (χ1) is 14.9. The Balaban J connectivity index is 1.68. The number of carbonyl (C=O) groups is 1. The van der Waals surface area contributed by atoms with Gasteiger partial charge in [0.05, 0.1) is 16.4 Å². The molecule has 1 amide bonds. The molecule has 6 heteroatoms. The highest BCUT2D eigenvalue weighted by atomic mass is 16.2. The van der Waals surface area contributed by atoms with Gasteiger partial charge in [-0.25, -0.2) is 4.98 Å². The van der Waals surface area contributed by atoms with Crippen LogP contribution in [0.15, 0.2) is 48.3 Å². The molecule has 0 saturated carbocycles. The zero-order chi connectivity index (χ0) is 22.2. The third-order valence-electron chi connectivity index (χ3n) is 6.91. The number of nitrogens with zero attached hydrogens (tertiary/aromatic N) is 4. The number of fused-ring (bicyclic) bond motifs is 2. The summed E-state index contributed by atoms with van der Waals surface area (Å²) in [4.78, 5) is 35.6. The normalized spacial score (nSPS) is 18.4. The highest BCUT2D eigenvalue weighted by Crippen LogP contribution is 2.39. The number of likely N-dealkylation sites (tertiary alicyclic amines) is 1. The zero-order valence-corrected chi connectivity index (χ0v) is 18.6. The van der Waals surface area contributed by atoms with E-state index in [-0.39, 0.29) is 17.0 Å². The average Bonchev–Trinajstić information content (AvgIpc) is 2.95. The summed E-state index contributed by atoms with van der Waals surface area (Å²) in [5, 5.41) is 0.574. The van der Waals surface area contributed by atoms with Gasteiger partial charge in [0.25, 0.3) is 11.5 Å². The highest BCUT2D eigenvalue weighted by Gasteiger charge is 2.45. The van der Waals surface area contributed by atoms with Gasteiger partial charge in [-0.1, -0.05) is 12.2 Å². The molecule has 6 nitrogen and oxygen atoms in total. The number of benzene rings is 1. The SMILES string of the molecule is C=CCC1(CC=C)CCN1C(=O)c1ccc2c(=O)n3c(nc2c1)CCN(C(C)C)CC3. The predicted molar refractivity (Wildman–Crippen MR) is 124 cm³/mol. The van der Waals surface area contributed by atoms with E-state index < -0.39 is 0 Å². The van der Waals surface area contributed by atoms with Crippen LogP contribution in [-0.2, 0) is 13.0 Å². The molecular formula is C25H32N4O2. The fraction of sp³-hybridized carbons (Fsp3) is 0.480. The lowest BCUT2D eigenvalue weighted by Crippen LogP contribution is -2.61. The molecule has 1 fully saturated rings. The molecule has 2 aliphatic rings. The Morgan fingerprint density at radius 3 is 2.52 bits per heavy atom. The Hall–Kier alpha value is -2.73. The first-order valence-electron chi connectivity index (χ1n) is 11.2. The molecule has 0 atom stereocenters. The van der Waals surface area contributed by atoms with Crippen LogP contribution >= 0.6 is 0 Å². The quantitative estimate of drug-likeness (QED) is 0.672. The molecule has 0 unspecified atom stereocenters. The minimum atomic E-state index is -0.226. The zero-order valence-electron chi connectivity index (χ0n) is 18.6. The van der Waals surface area contributed by atoms with Gasteiger partial charge < -0.3 is 4.90 Å². The molecule has 2 aliphatic heterocycles. The van der Waals surface area contributed by atoms with E-state index in [1.54, 1.807) is 22.8 Å². The largest absolute Gasteiger partial charge is 0.332 e. The topological polar surface area (TPSA) is 58.4 Å². The lowest BCUT2D eigenvalue weighted by molar-refractivity contribution is -0.0000128. The smallest absolute Gasteiger partial charge is 0.261 e. The van der Waals surface area contributed by atoms with Gasteiger partial charge in [-0.05, 0) is 51.3 Å². The molecule has 1 aromatic heterocycles. The lowest BCUT2D eigenvalue weighted by atomic mass is 9.78. The first-order valence-corrected chi connectivity index (χ1v) is 11.2. The molecule has 0 radical (unpaired) electrons. The summed E-state index contributed by atoms with van der Waals surface area (Å²) >= 11 is 0. The molecule has 0 aliphatic carbocycles. The third kappa shape index (κ3) is 3.74. The molecule has 4 rings (SSSR count). The number of amides is 1. The van der Waals surface area contributed by atoms with E-state index in [1.165, 1.54) is 0 Å². The van der Waals surface area contributed by atoms with Gasteiger partial charge >= 0.3 is 0 Å². The molecule has 0 N–H and O–H groups in total. The third-order valence-corrected chi connectivity index (χ3v) is 6.91. The average molecular weight is 421 g/mol. The summed E-state index contributed by atoms with van der Waals surface area (Å²) in [7, 11) is 0. The van der Waals surface area contributed by atoms with Gasteiger partial charge in [0.1, 0.15) is 5.82 Å². The van der Waals surface area contributed by atoms with E-state index in [9.17, 15) is 9.59 Å². The van der Waals surface area contributed by atoms with E-state index in [0.29, 0.717) is 29.1 Å². The van der Waals surface area contributed by atoms with Crippen LogP contribution in [0.1, 0.15) is 49.3 Å². The van der Waals surface area contributed by atoms with Crippen molar-refractivity contribution in [3.63, 3.8) is 0 Å². The van der Waals surface area contributed by atoms with Crippen molar-refractivity contribution in [2.24, 2.45) is 0 Å². The fourth-order valence-electron chi connectivity index (χ4n) is 4.98. The fourth-order valence-corrected chi connectivity index (χ4v) is 4.98. The second-order valence-corrected chi connectivity index (χ2v) is 9.01. The van der Waals surface area contributed by atoms with Crippen LogP contribution in [0.3, 0.4) is 0 Å². The van der Waals surface area contributed by atoms with Crippen molar-refractivity contribution in [1.29, 1.82) is 0 Å². The summed E-state index contributed by atoms with van der Waals surface area (Å²) < 4.78 is 1.81. The van der Waals surface area contributed by atoms with E-state index in [2.05, 4.69) is 31.9 Å². The van der Waals surface area contributed by atoms with Crippen molar-refractivity contribution in [2.45, 2.75) is 57.7 Å². The Bertz CT molecular complexity index is 1070. The maximum absolute atomic E-state index is 13.3. The Kier molecular flexibility index (Phi) is 5.84. The maximum Gasteiger partial charge on any atom is 0.261 e. The van der Waals surface area contributed by atoms with E-state index in [4.69, 9.17) is 4.98 Å². The van der Waals surface area contributed by atoms with Crippen LogP contribution in [0.2, 0.25) is 0 Å². The van der Waals surface area contributed by atoms with Gasteiger partial charge in [-0.2, -0.15) is 0 Å². The van der Waals surface area contributed by atoms with Crippen LogP contribution in [0, 0.1) is 0 Å². The predicted octanol–water partition coefficient (Wildman–Crippen LogP) is 3.40. The molecule has 0 spiro atoms. The van der Waals surface area contributed by atoms with Crippen LogP contribution in [-0.4, -0.2) is 56.5 Å². The molecule has 1 aromatic carbocycles. The van der Waals surface area contributed by atoms with Gasteiger partial charge in [0.15, 0.2) is 0 Å². The molecule has 2 aromatic rings. The van der Waals surface area contributed by atoms with Gasteiger partial charge in [-0.3, -0.25) is 19.1 Å². The van der Waals surface area contributed by atoms with E-state index >= 15 is 0 Å². The van der Waals surface area contributed by atoms with E-state index in [0.717, 1.165) is 51.1 Å². The maximum atomic E-state index is 13.3. The van der Waals surface area contributed by atoms with Crippen molar-refractivity contribution < 1.29 is 4.79 Å². The molecule has 164 valence electrons. The molecule has 0 bridgehead atoms. The van der Waals surface area contributed by atoms with Crippen molar-refractivity contribution in [2.75, 3.05) is 19.6 Å². The van der Waals surface area contributed by atoms with Crippen LogP contribution in [0.25, 0.3) is 10.9 Å². The summed E-state index contributed by atoms with van der Waals surface area (Å²) in [6, 6.07) is 5.75. The Morgan fingerprint density at radius 2 is 1.90 bits per heavy atom. The van der Waals surface area contributed by atoms with Crippen molar-refractivity contribution in [3.05, 3.63) is 65.3 Å². The van der Waals surface area contributed by atoms with Gasteiger partial charge in [0.2, 0.25) is 0 Å². The van der Waals surface area contributed by atoms with Gasteiger partial charge in [-0.15, -0.1) is 13.2 Å². The minimum Gasteiger partial charge on any atom is -0.332 e. The van der Waals surface area contributed by atoms with Crippen LogP contribution in [0.5, 0.6) is 0 Å². The number of aromatic nitrogens is 2. The molecule has 1 saturated heterocycles. The van der Waals surface area contributed by atoms with E-state index in [1.807, 2.05) is 17.1 Å². The van der Waals surface area contributed by atoms with Crippen LogP contribution in [0.4, 0.5) is 0 Å². The Morgan fingerprint density at radius 1 is 1.16 bits per heavy atom. The highest BCUT2D eigenvalue weighted by molar-refractivity contribution is 5.98.